The minimum Gasteiger partial charge on any atom is -0.444 e. The fourth-order valence-electron chi connectivity index (χ4n) is 2.61. The summed E-state index contributed by atoms with van der Waals surface area (Å²) in [6, 6.07) is 2.96. The molecule has 1 fully saturated rings. The van der Waals surface area contributed by atoms with Gasteiger partial charge in [-0.2, -0.15) is 16.2 Å². The summed E-state index contributed by atoms with van der Waals surface area (Å²) < 4.78 is 18.9. The van der Waals surface area contributed by atoms with E-state index < -0.39 is 40.1 Å². The summed E-state index contributed by atoms with van der Waals surface area (Å²) in [7, 11) is 0. The van der Waals surface area contributed by atoms with Gasteiger partial charge < -0.3 is 10.1 Å². The van der Waals surface area contributed by atoms with E-state index in [-0.39, 0.29) is 12.2 Å². The predicted molar refractivity (Wildman–Crippen MR) is 95.7 cm³/mol. The molecule has 0 spiro atoms. The van der Waals surface area contributed by atoms with Gasteiger partial charge in [-0.25, -0.2) is 4.79 Å². The molecular weight excluding hydrogens is 363 g/mol. The van der Waals surface area contributed by atoms with Crippen molar-refractivity contribution in [3.63, 3.8) is 0 Å². The Morgan fingerprint density at radius 1 is 1.42 bits per heavy atom. The number of rotatable bonds is 4. The smallest absolute Gasteiger partial charge is 0.408 e. The minimum atomic E-state index is -0.924. The van der Waals surface area contributed by atoms with Crippen LogP contribution in [0.5, 0.6) is 0 Å². The third-order valence-electron chi connectivity index (χ3n) is 3.73. The lowest BCUT2D eigenvalue weighted by Crippen LogP contribution is -2.50. The number of nitrogens with one attached hydrogen (secondary N) is 1. The number of ether oxygens (including phenoxy) is 1. The number of hydrogen-bond donors (Lipinski definition) is 1. The van der Waals surface area contributed by atoms with Crippen molar-refractivity contribution in [2.24, 2.45) is 5.92 Å². The Hall–Kier alpha value is -2.16. The summed E-state index contributed by atoms with van der Waals surface area (Å²) in [5, 5.41) is 13.3. The maximum absolute atomic E-state index is 13.8. The standard InChI is InChI=1S/C17H21FN2O5S/c1-17(2,3)25-16(22)19-13-9-26-8-11(15(13)21)6-10-4-5-14(20(23)24)12(18)7-10/h4-5,7,11,13H,6,8-9H2,1-3H3,(H,19,22)/t11-,13+/m1/s1. The predicted octanol–water partition coefficient (Wildman–Crippen LogP) is 3.10. The van der Waals surface area contributed by atoms with E-state index in [0.29, 0.717) is 17.1 Å². The van der Waals surface area contributed by atoms with Gasteiger partial charge in [0.1, 0.15) is 11.6 Å². The number of benzene rings is 1. The number of Topliss-reactive ketones (excluding diaryl/α,β-unsaturated/α-hetero) is 1. The van der Waals surface area contributed by atoms with E-state index in [2.05, 4.69) is 5.32 Å². The lowest BCUT2D eigenvalue weighted by Gasteiger charge is -2.29. The molecule has 0 radical (unpaired) electrons. The summed E-state index contributed by atoms with van der Waals surface area (Å²) >= 11 is 1.51. The molecule has 1 aliphatic heterocycles. The summed E-state index contributed by atoms with van der Waals surface area (Å²) in [5.41, 5.74) is -0.752. The summed E-state index contributed by atoms with van der Waals surface area (Å²) in [6.07, 6.45) is -0.397. The summed E-state index contributed by atoms with van der Waals surface area (Å²) in [6.45, 7) is 5.20. The number of ketones is 1. The molecule has 1 heterocycles. The number of carbonyl (C=O) groups is 2. The van der Waals surface area contributed by atoms with Crippen molar-refractivity contribution in [3.8, 4) is 0 Å². The molecule has 2 rings (SSSR count). The van der Waals surface area contributed by atoms with Crippen LogP contribution in [0.25, 0.3) is 0 Å². The van der Waals surface area contributed by atoms with Crippen LogP contribution in [0.2, 0.25) is 0 Å². The highest BCUT2D eigenvalue weighted by Gasteiger charge is 2.34. The Morgan fingerprint density at radius 3 is 2.69 bits per heavy atom. The van der Waals surface area contributed by atoms with E-state index in [1.54, 1.807) is 20.8 Å². The van der Waals surface area contributed by atoms with Crippen molar-refractivity contribution in [2.45, 2.75) is 38.8 Å². The fraction of sp³-hybridized carbons (Fsp3) is 0.529. The van der Waals surface area contributed by atoms with Gasteiger partial charge in [0.15, 0.2) is 5.78 Å². The molecule has 26 heavy (non-hydrogen) atoms. The highest BCUT2D eigenvalue weighted by Crippen LogP contribution is 2.26. The molecule has 0 saturated carbocycles. The number of carbonyl (C=O) groups excluding carboxylic acids is 2. The van der Waals surface area contributed by atoms with Crippen molar-refractivity contribution < 1.29 is 23.6 Å². The molecule has 1 saturated heterocycles. The number of amides is 1. The summed E-state index contributed by atoms with van der Waals surface area (Å²) in [5.74, 6) is -0.484. The first kappa shape index (κ1) is 20.2. The van der Waals surface area contributed by atoms with Crippen molar-refractivity contribution >= 4 is 29.3 Å². The Kier molecular flexibility index (Phi) is 6.22. The average Bonchev–Trinajstić information content (AvgIpc) is 2.49. The zero-order valence-corrected chi connectivity index (χ0v) is 15.6. The van der Waals surface area contributed by atoms with Crippen LogP contribution in [-0.2, 0) is 16.0 Å². The van der Waals surface area contributed by atoms with Gasteiger partial charge >= 0.3 is 11.8 Å². The van der Waals surface area contributed by atoms with Crippen LogP contribution in [0, 0.1) is 21.8 Å². The Bertz CT molecular complexity index is 720. The van der Waals surface area contributed by atoms with E-state index in [0.717, 1.165) is 12.1 Å². The Balaban J connectivity index is 2.02. The number of nitrogens with zero attached hydrogens (tertiary/aromatic N) is 1. The molecule has 0 aliphatic carbocycles. The lowest BCUT2D eigenvalue weighted by molar-refractivity contribution is -0.387. The molecule has 1 amide bonds. The number of nitro groups is 1. The minimum absolute atomic E-state index is 0.145. The van der Waals surface area contributed by atoms with E-state index >= 15 is 0 Å². The highest BCUT2D eigenvalue weighted by atomic mass is 32.2. The number of halogens is 1. The number of alkyl carbamates (subject to hydrolysis) is 1. The highest BCUT2D eigenvalue weighted by molar-refractivity contribution is 7.99. The van der Waals surface area contributed by atoms with Crippen molar-refractivity contribution in [1.82, 2.24) is 5.32 Å². The monoisotopic (exact) mass is 384 g/mol. The summed E-state index contributed by atoms with van der Waals surface area (Å²) in [4.78, 5) is 34.4. The van der Waals surface area contributed by atoms with Gasteiger partial charge in [-0.05, 0) is 38.8 Å². The Morgan fingerprint density at radius 2 is 2.12 bits per heavy atom. The third-order valence-corrected chi connectivity index (χ3v) is 4.94. The molecule has 1 N–H and O–H groups in total. The first-order chi connectivity index (χ1) is 12.1. The van der Waals surface area contributed by atoms with Gasteiger partial charge in [-0.1, -0.05) is 6.07 Å². The molecule has 0 bridgehead atoms. The largest absolute Gasteiger partial charge is 0.444 e. The second kappa shape index (κ2) is 8.03. The van der Waals surface area contributed by atoms with E-state index in [1.165, 1.54) is 17.8 Å². The third kappa shape index (κ3) is 5.42. The maximum atomic E-state index is 13.8. The van der Waals surface area contributed by atoms with Crippen LogP contribution in [0.3, 0.4) is 0 Å². The van der Waals surface area contributed by atoms with Crippen LogP contribution >= 0.6 is 11.8 Å². The lowest BCUT2D eigenvalue weighted by atomic mass is 9.92. The van der Waals surface area contributed by atoms with Crippen LogP contribution in [0.1, 0.15) is 26.3 Å². The topological polar surface area (TPSA) is 98.5 Å². The van der Waals surface area contributed by atoms with E-state index in [4.69, 9.17) is 4.74 Å². The van der Waals surface area contributed by atoms with Crippen LogP contribution < -0.4 is 5.32 Å². The molecule has 1 aromatic carbocycles. The van der Waals surface area contributed by atoms with Crippen LogP contribution in [0.15, 0.2) is 18.2 Å². The molecular formula is C17H21FN2O5S. The SMILES string of the molecule is CC(C)(C)OC(=O)N[C@H]1CSC[C@@H](Cc2ccc([N+](=O)[O-])c(F)c2)C1=O. The second-order valence-corrected chi connectivity index (χ2v) is 8.16. The van der Waals surface area contributed by atoms with Crippen molar-refractivity contribution in [2.75, 3.05) is 11.5 Å². The number of nitro benzene ring substituents is 1. The van der Waals surface area contributed by atoms with Crippen LogP contribution in [-0.4, -0.2) is 39.9 Å². The average molecular weight is 384 g/mol. The second-order valence-electron chi connectivity index (χ2n) is 7.08. The molecule has 7 nitrogen and oxygen atoms in total. The van der Waals surface area contributed by atoms with Gasteiger partial charge in [0.25, 0.3) is 0 Å². The first-order valence-corrected chi connectivity index (χ1v) is 9.26. The number of thioether (sulfide) groups is 1. The quantitative estimate of drug-likeness (QED) is 0.633. The van der Waals surface area contributed by atoms with Crippen molar-refractivity contribution in [1.29, 1.82) is 0 Å². The van der Waals surface area contributed by atoms with E-state index in [9.17, 15) is 24.1 Å². The maximum Gasteiger partial charge on any atom is 0.408 e. The molecule has 0 aromatic heterocycles. The van der Waals surface area contributed by atoms with Gasteiger partial charge in [0, 0.05) is 23.5 Å². The molecule has 1 aliphatic rings. The zero-order valence-electron chi connectivity index (χ0n) is 14.8. The van der Waals surface area contributed by atoms with Gasteiger partial charge in [0.05, 0.1) is 4.92 Å². The fourth-order valence-corrected chi connectivity index (χ4v) is 3.80. The zero-order chi connectivity index (χ0) is 19.5. The molecule has 1 aromatic rings. The molecule has 9 heteroatoms. The normalized spacial score (nSPS) is 20.5. The molecule has 0 unspecified atom stereocenters. The molecule has 142 valence electrons. The van der Waals surface area contributed by atoms with Gasteiger partial charge in [-0.3, -0.25) is 14.9 Å². The van der Waals surface area contributed by atoms with Gasteiger partial charge in [0.2, 0.25) is 5.82 Å². The van der Waals surface area contributed by atoms with Crippen molar-refractivity contribution in [3.05, 3.63) is 39.7 Å². The molecule has 2 atom stereocenters. The van der Waals surface area contributed by atoms with E-state index in [1.807, 2.05) is 0 Å². The first-order valence-electron chi connectivity index (χ1n) is 8.10. The Labute approximate surface area is 154 Å². The van der Waals surface area contributed by atoms with Gasteiger partial charge in [-0.15, -0.1) is 0 Å². The van der Waals surface area contributed by atoms with Crippen LogP contribution in [0.4, 0.5) is 14.9 Å². The number of hydrogen-bond acceptors (Lipinski definition) is 6.